The van der Waals surface area contributed by atoms with E-state index in [0.717, 1.165) is 5.69 Å². The van der Waals surface area contributed by atoms with Gasteiger partial charge in [-0.25, -0.2) is 0 Å². The lowest BCUT2D eigenvalue weighted by molar-refractivity contribution is 0.326. The van der Waals surface area contributed by atoms with Gasteiger partial charge < -0.3 is 9.61 Å². The third kappa shape index (κ3) is 4.76. The lowest BCUT2D eigenvalue weighted by Crippen LogP contribution is -2.18. The van der Waals surface area contributed by atoms with Gasteiger partial charge in [-0.1, -0.05) is 36.4 Å². The Balaban J connectivity index is 2.24. The van der Waals surface area contributed by atoms with E-state index in [1.54, 1.807) is 12.1 Å². The molecule has 0 saturated carbocycles. The molecule has 2 rings (SSSR count). The van der Waals surface area contributed by atoms with Crippen LogP contribution in [0.15, 0.2) is 60.7 Å². The zero-order chi connectivity index (χ0) is 15.1. The number of hydrogen-bond acceptors (Lipinski definition) is 2. The number of benzene rings is 2. The van der Waals surface area contributed by atoms with Gasteiger partial charge in [0.2, 0.25) is 0 Å². The zero-order valence-electron chi connectivity index (χ0n) is 11.3. The second kappa shape index (κ2) is 7.86. The minimum atomic E-state index is -3.25. The first-order chi connectivity index (χ1) is 10.1. The predicted octanol–water partition coefficient (Wildman–Crippen LogP) is 4.48. The molecule has 0 aliphatic heterocycles. The highest BCUT2D eigenvalue weighted by Gasteiger charge is 2.27. The molecule has 2 aromatic rings. The summed E-state index contributed by atoms with van der Waals surface area (Å²) in [5.41, 5.74) is 0.724. The van der Waals surface area contributed by atoms with Gasteiger partial charge in [-0.15, -0.1) is 23.2 Å². The molecule has 1 N–H and O–H groups in total. The van der Waals surface area contributed by atoms with Gasteiger partial charge >= 0.3 is 7.52 Å². The topological polar surface area (TPSA) is 38.3 Å². The van der Waals surface area contributed by atoms with E-state index in [4.69, 9.17) is 27.7 Å². The van der Waals surface area contributed by atoms with Crippen LogP contribution in [-0.4, -0.2) is 17.9 Å². The smallest absolute Gasteiger partial charge is 0.312 e. The normalized spacial score (nSPS) is 15.1. The fraction of sp³-hybridized carbons (Fsp3) is 0.200. The molecule has 0 radical (unpaired) electrons. The lowest BCUT2D eigenvalue weighted by atomic mass is 10.3. The van der Waals surface area contributed by atoms with Gasteiger partial charge in [0.05, 0.1) is 17.3 Å². The average Bonchev–Trinajstić information content (AvgIpc) is 2.54. The van der Waals surface area contributed by atoms with Gasteiger partial charge in [-0.2, -0.15) is 0 Å². The Morgan fingerprint density at radius 3 is 2.19 bits per heavy atom. The van der Waals surface area contributed by atoms with Gasteiger partial charge in [-0.05, 0) is 24.3 Å². The molecule has 2 aromatic carbocycles. The van der Waals surface area contributed by atoms with E-state index in [0.29, 0.717) is 5.30 Å². The number of para-hydroxylation sites is 1. The number of alkyl halides is 2. The Morgan fingerprint density at radius 2 is 1.62 bits per heavy atom. The van der Waals surface area contributed by atoms with E-state index in [1.165, 1.54) is 0 Å². The van der Waals surface area contributed by atoms with E-state index in [2.05, 4.69) is 5.09 Å². The number of halogens is 2. The Bertz CT molecular complexity index is 595. The van der Waals surface area contributed by atoms with Crippen LogP contribution in [0, 0.1) is 0 Å². The summed E-state index contributed by atoms with van der Waals surface area (Å²) >= 11 is 11.6. The van der Waals surface area contributed by atoms with Crippen LogP contribution in [0.2, 0.25) is 0 Å². The molecular weight excluding hydrogens is 328 g/mol. The molecular formula is C15H16Cl2NO2P. The number of anilines is 1. The minimum Gasteiger partial charge on any atom is -0.312 e. The summed E-state index contributed by atoms with van der Waals surface area (Å²) < 4.78 is 18.8. The fourth-order valence-corrected chi connectivity index (χ4v) is 3.73. The van der Waals surface area contributed by atoms with Crippen molar-refractivity contribution < 1.29 is 9.09 Å². The highest BCUT2D eigenvalue weighted by molar-refractivity contribution is 7.68. The molecule has 6 heteroatoms. The molecule has 0 spiro atoms. The molecule has 0 unspecified atom stereocenters. The maximum Gasteiger partial charge on any atom is 0.324 e. The maximum atomic E-state index is 13.2. The number of hydrogen-bond donors (Lipinski definition) is 1. The molecule has 0 heterocycles. The quantitative estimate of drug-likeness (QED) is 0.595. The summed E-state index contributed by atoms with van der Waals surface area (Å²) in [5.74, 6) is 0.238. The molecule has 0 aromatic heterocycles. The van der Waals surface area contributed by atoms with Crippen LogP contribution in [0.3, 0.4) is 0 Å². The Labute approximate surface area is 134 Å². The van der Waals surface area contributed by atoms with E-state index >= 15 is 0 Å². The second-order valence-corrected chi connectivity index (χ2v) is 7.44. The standard InChI is InChI=1S/C15H16Cl2NO2P/c16-11-13(17)12-20-21(19,15-9-5-2-6-10-15)18-14-7-3-1-4-8-14/h1-10,13H,11-12H2,(H,18,19)/t13-,21+/m0/s1. The molecule has 0 bridgehead atoms. The molecule has 0 aliphatic rings. The second-order valence-electron chi connectivity index (χ2n) is 4.41. The number of nitrogens with one attached hydrogen (secondary N) is 1. The predicted molar refractivity (Wildman–Crippen MR) is 90.1 cm³/mol. The van der Waals surface area contributed by atoms with E-state index in [9.17, 15) is 4.57 Å². The number of rotatable bonds is 7. The Hall–Kier alpha value is -0.990. The highest BCUT2D eigenvalue weighted by atomic mass is 35.5. The maximum absolute atomic E-state index is 13.2. The molecule has 0 saturated heterocycles. The first-order valence-electron chi connectivity index (χ1n) is 6.47. The third-order valence-corrected chi connectivity index (χ3v) is 5.60. The molecule has 3 nitrogen and oxygen atoms in total. The first kappa shape index (κ1) is 16.4. The summed E-state index contributed by atoms with van der Waals surface area (Å²) in [7, 11) is -3.25. The Kier molecular flexibility index (Phi) is 6.13. The van der Waals surface area contributed by atoms with Crippen LogP contribution in [0.25, 0.3) is 0 Å². The van der Waals surface area contributed by atoms with Gasteiger partial charge in [-0.3, -0.25) is 4.57 Å². The van der Waals surface area contributed by atoms with Crippen molar-refractivity contribution in [3.8, 4) is 0 Å². The fourth-order valence-electron chi connectivity index (χ4n) is 1.71. The summed E-state index contributed by atoms with van der Waals surface area (Å²) in [6.07, 6.45) is 0. The third-order valence-electron chi connectivity index (χ3n) is 2.75. The van der Waals surface area contributed by atoms with Crippen molar-refractivity contribution in [1.82, 2.24) is 0 Å². The van der Waals surface area contributed by atoms with Crippen molar-refractivity contribution in [2.24, 2.45) is 0 Å². The summed E-state index contributed by atoms with van der Waals surface area (Å²) in [5, 5.41) is 3.19. The van der Waals surface area contributed by atoms with Crippen molar-refractivity contribution in [1.29, 1.82) is 0 Å². The van der Waals surface area contributed by atoms with E-state index < -0.39 is 7.52 Å². The summed E-state index contributed by atoms with van der Waals surface area (Å²) in [6.45, 7) is 0.108. The van der Waals surface area contributed by atoms with E-state index in [1.807, 2.05) is 48.5 Å². The molecule has 0 amide bonds. The van der Waals surface area contributed by atoms with Crippen molar-refractivity contribution in [3.05, 3.63) is 60.7 Å². The minimum absolute atomic E-state index is 0.108. The SMILES string of the molecule is O=[P@@](Nc1ccccc1)(OC[C@@H](Cl)CCl)c1ccccc1. The van der Waals surface area contributed by atoms with Crippen LogP contribution in [0.4, 0.5) is 5.69 Å². The van der Waals surface area contributed by atoms with Crippen LogP contribution in [0.5, 0.6) is 0 Å². The zero-order valence-corrected chi connectivity index (χ0v) is 13.7. The van der Waals surface area contributed by atoms with Crippen molar-refractivity contribution >= 4 is 41.7 Å². The van der Waals surface area contributed by atoms with Crippen LogP contribution in [-0.2, 0) is 9.09 Å². The van der Waals surface area contributed by atoms with Crippen molar-refractivity contribution in [2.45, 2.75) is 5.38 Å². The van der Waals surface area contributed by atoms with Gasteiger partial charge in [0.25, 0.3) is 0 Å². The van der Waals surface area contributed by atoms with Crippen molar-refractivity contribution in [3.63, 3.8) is 0 Å². The molecule has 0 fully saturated rings. The van der Waals surface area contributed by atoms with Crippen LogP contribution in [0.1, 0.15) is 0 Å². The highest BCUT2D eigenvalue weighted by Crippen LogP contribution is 2.45. The van der Waals surface area contributed by atoms with Gasteiger partial charge in [0, 0.05) is 11.6 Å². The first-order valence-corrected chi connectivity index (χ1v) is 9.07. The average molecular weight is 344 g/mol. The summed E-state index contributed by atoms with van der Waals surface area (Å²) in [6, 6.07) is 18.3. The van der Waals surface area contributed by atoms with Gasteiger partial charge in [0.1, 0.15) is 0 Å². The monoisotopic (exact) mass is 343 g/mol. The Morgan fingerprint density at radius 1 is 1.05 bits per heavy atom. The van der Waals surface area contributed by atoms with E-state index in [-0.39, 0.29) is 17.9 Å². The molecule has 21 heavy (non-hydrogen) atoms. The van der Waals surface area contributed by atoms with Crippen LogP contribution >= 0.6 is 30.7 Å². The van der Waals surface area contributed by atoms with Crippen LogP contribution < -0.4 is 10.4 Å². The summed E-state index contributed by atoms with van der Waals surface area (Å²) in [4.78, 5) is 0. The largest absolute Gasteiger partial charge is 0.324 e. The van der Waals surface area contributed by atoms with Gasteiger partial charge in [0.15, 0.2) is 0 Å². The molecule has 112 valence electrons. The molecule has 0 aliphatic carbocycles. The molecule has 2 atom stereocenters. The van der Waals surface area contributed by atoms with Crippen molar-refractivity contribution in [2.75, 3.05) is 17.6 Å². The lowest BCUT2D eigenvalue weighted by Gasteiger charge is -2.21.